The lowest BCUT2D eigenvalue weighted by Gasteiger charge is -2.07. The Morgan fingerprint density at radius 3 is 2.74 bits per heavy atom. The van der Waals surface area contributed by atoms with Crippen LogP contribution in [0.4, 0.5) is 8.78 Å². The summed E-state index contributed by atoms with van der Waals surface area (Å²) in [7, 11) is 0. The summed E-state index contributed by atoms with van der Waals surface area (Å²) < 4.78 is 26.1. The Morgan fingerprint density at radius 2 is 2.16 bits per heavy atom. The molecule has 1 aromatic rings. The molecule has 0 aliphatic carbocycles. The fourth-order valence-corrected chi connectivity index (χ4v) is 2.68. The Balaban J connectivity index is 2.06. The summed E-state index contributed by atoms with van der Waals surface area (Å²) in [6.07, 6.45) is 0. The van der Waals surface area contributed by atoms with Crippen molar-refractivity contribution in [3.63, 3.8) is 0 Å². The molecule has 0 spiro atoms. The van der Waals surface area contributed by atoms with Crippen LogP contribution in [-0.4, -0.2) is 16.3 Å². The zero-order valence-corrected chi connectivity index (χ0v) is 11.4. The maximum Gasteiger partial charge on any atom is 0.239 e. The van der Waals surface area contributed by atoms with Gasteiger partial charge >= 0.3 is 0 Å². The zero-order valence-electron chi connectivity index (χ0n) is 10.6. The first kappa shape index (κ1) is 14.0. The molecule has 102 valence electrons. The number of nitrogens with zero attached hydrogens (tertiary/aromatic N) is 1. The van der Waals surface area contributed by atoms with Gasteiger partial charge in [0.15, 0.2) is 5.17 Å². The number of rotatable bonds is 3. The predicted molar refractivity (Wildman–Crippen MR) is 71.9 cm³/mol. The van der Waals surface area contributed by atoms with Crippen LogP contribution >= 0.6 is 11.8 Å². The minimum atomic E-state index is -0.626. The number of nitrogens with one attached hydrogen (secondary N) is 1. The molecule has 0 unspecified atom stereocenters. The van der Waals surface area contributed by atoms with Crippen molar-refractivity contribution in [1.29, 1.82) is 0 Å². The van der Waals surface area contributed by atoms with Crippen LogP contribution in [0, 0.1) is 17.6 Å². The number of amides is 1. The van der Waals surface area contributed by atoms with E-state index in [1.807, 2.05) is 13.8 Å². The lowest BCUT2D eigenvalue weighted by Crippen LogP contribution is -2.27. The quantitative estimate of drug-likeness (QED) is 0.927. The van der Waals surface area contributed by atoms with E-state index >= 15 is 0 Å². The van der Waals surface area contributed by atoms with Crippen molar-refractivity contribution < 1.29 is 13.6 Å². The number of hydrogen-bond donors (Lipinski definition) is 1. The zero-order chi connectivity index (χ0) is 14.0. The molecule has 1 amide bonds. The van der Waals surface area contributed by atoms with Crippen molar-refractivity contribution in [3.8, 4) is 0 Å². The average molecular weight is 284 g/mol. The van der Waals surface area contributed by atoms with Gasteiger partial charge in [0, 0.05) is 11.6 Å². The largest absolute Gasteiger partial charge is 0.304 e. The smallest absolute Gasteiger partial charge is 0.239 e. The summed E-state index contributed by atoms with van der Waals surface area (Å²) in [6.45, 7) is 4.00. The Hall–Kier alpha value is -1.43. The third-order valence-electron chi connectivity index (χ3n) is 2.74. The number of aliphatic imine (C=N–C) groups is 1. The summed E-state index contributed by atoms with van der Waals surface area (Å²) in [5.74, 6) is -1.10. The highest BCUT2D eigenvalue weighted by Crippen LogP contribution is 2.26. The molecule has 1 aliphatic heterocycles. The number of amidine groups is 1. The summed E-state index contributed by atoms with van der Waals surface area (Å²) in [5, 5.41) is 3.00. The highest BCUT2D eigenvalue weighted by molar-refractivity contribution is 8.15. The minimum absolute atomic E-state index is 0.0710. The van der Waals surface area contributed by atoms with Crippen molar-refractivity contribution in [3.05, 3.63) is 35.4 Å². The normalized spacial score (nSPS) is 21.2. The van der Waals surface area contributed by atoms with Crippen LogP contribution in [0.3, 0.4) is 0 Å². The molecule has 1 fully saturated rings. The van der Waals surface area contributed by atoms with E-state index < -0.39 is 11.6 Å². The van der Waals surface area contributed by atoms with Crippen molar-refractivity contribution in [2.75, 3.05) is 0 Å². The van der Waals surface area contributed by atoms with Crippen molar-refractivity contribution in [2.45, 2.75) is 25.6 Å². The number of carbonyl (C=O) groups is 1. The van der Waals surface area contributed by atoms with Gasteiger partial charge in [-0.3, -0.25) is 9.79 Å². The molecule has 2 rings (SSSR count). The first-order valence-corrected chi connectivity index (χ1v) is 6.81. The van der Waals surface area contributed by atoms with Gasteiger partial charge in [-0.05, 0) is 12.0 Å². The van der Waals surface area contributed by atoms with Crippen LogP contribution in [-0.2, 0) is 11.3 Å². The van der Waals surface area contributed by atoms with E-state index in [-0.39, 0.29) is 23.6 Å². The molecule has 1 atom stereocenters. The van der Waals surface area contributed by atoms with Crippen LogP contribution in [0.25, 0.3) is 0 Å². The minimum Gasteiger partial charge on any atom is -0.304 e. The molecule has 1 aromatic carbocycles. The van der Waals surface area contributed by atoms with Gasteiger partial charge in [0.1, 0.15) is 11.6 Å². The molecular formula is C13H14F2N2OS. The average Bonchev–Trinajstić information content (AvgIpc) is 2.69. The summed E-state index contributed by atoms with van der Waals surface area (Å²) >= 11 is 1.35. The lowest BCUT2D eigenvalue weighted by atomic mass is 10.1. The maximum atomic E-state index is 13.4. The predicted octanol–water partition coefficient (Wildman–Crippen LogP) is 2.71. The third kappa shape index (κ3) is 3.32. The Kier molecular flexibility index (Phi) is 4.19. The van der Waals surface area contributed by atoms with Gasteiger partial charge in [0.2, 0.25) is 5.91 Å². The molecule has 1 N–H and O–H groups in total. The molecular weight excluding hydrogens is 270 g/mol. The second kappa shape index (κ2) is 5.69. The van der Waals surface area contributed by atoms with E-state index in [0.717, 1.165) is 6.07 Å². The number of hydrogen-bond acceptors (Lipinski definition) is 3. The fourth-order valence-electron chi connectivity index (χ4n) is 1.70. The number of benzene rings is 1. The highest BCUT2D eigenvalue weighted by Gasteiger charge is 2.32. The molecule has 0 saturated carbocycles. The van der Waals surface area contributed by atoms with E-state index in [9.17, 15) is 13.6 Å². The van der Waals surface area contributed by atoms with E-state index in [1.54, 1.807) is 0 Å². The molecule has 19 heavy (non-hydrogen) atoms. The monoisotopic (exact) mass is 284 g/mol. The SMILES string of the molecule is CC(C)[C@@H]1SC(=NCc2ccc(F)cc2F)NC1=O. The lowest BCUT2D eigenvalue weighted by molar-refractivity contribution is -0.119. The van der Waals surface area contributed by atoms with Crippen LogP contribution < -0.4 is 5.32 Å². The number of carbonyl (C=O) groups excluding carboxylic acids is 1. The summed E-state index contributed by atoms with van der Waals surface area (Å²) in [4.78, 5) is 15.8. The van der Waals surface area contributed by atoms with Gasteiger partial charge in [-0.25, -0.2) is 8.78 Å². The standard InChI is InChI=1S/C13H14F2N2OS/c1-7(2)11-12(18)17-13(19-11)16-6-8-3-4-9(14)5-10(8)15/h3-5,7,11H,6H2,1-2H3,(H,16,17,18)/t11-/m0/s1. The van der Waals surface area contributed by atoms with Gasteiger partial charge in [-0.15, -0.1) is 0 Å². The van der Waals surface area contributed by atoms with Gasteiger partial charge < -0.3 is 5.32 Å². The highest BCUT2D eigenvalue weighted by atomic mass is 32.2. The molecule has 3 nitrogen and oxygen atoms in total. The van der Waals surface area contributed by atoms with Crippen LogP contribution in [0.1, 0.15) is 19.4 Å². The molecule has 6 heteroatoms. The van der Waals surface area contributed by atoms with Crippen LogP contribution in [0.5, 0.6) is 0 Å². The fraction of sp³-hybridized carbons (Fsp3) is 0.385. The van der Waals surface area contributed by atoms with Gasteiger partial charge in [-0.2, -0.15) is 0 Å². The maximum absolute atomic E-state index is 13.4. The Labute approximate surface area is 114 Å². The molecule has 1 saturated heterocycles. The third-order valence-corrected chi connectivity index (χ3v) is 4.21. The van der Waals surface area contributed by atoms with E-state index in [2.05, 4.69) is 10.3 Å². The van der Waals surface area contributed by atoms with Gasteiger partial charge in [0.05, 0.1) is 11.8 Å². The topological polar surface area (TPSA) is 41.5 Å². The Morgan fingerprint density at radius 1 is 1.42 bits per heavy atom. The van der Waals surface area contributed by atoms with Crippen molar-refractivity contribution in [2.24, 2.45) is 10.9 Å². The first-order valence-electron chi connectivity index (χ1n) is 5.93. The molecule has 0 radical (unpaired) electrons. The van der Waals surface area contributed by atoms with Crippen LogP contribution in [0.2, 0.25) is 0 Å². The van der Waals surface area contributed by atoms with E-state index in [4.69, 9.17) is 0 Å². The number of thioether (sulfide) groups is 1. The Bertz CT molecular complexity index is 531. The summed E-state index contributed by atoms with van der Waals surface area (Å²) in [6, 6.07) is 3.37. The number of halogens is 2. The van der Waals surface area contributed by atoms with E-state index in [0.29, 0.717) is 10.7 Å². The molecule has 1 heterocycles. The van der Waals surface area contributed by atoms with Crippen molar-refractivity contribution in [1.82, 2.24) is 5.32 Å². The molecule has 1 aliphatic rings. The summed E-state index contributed by atoms with van der Waals surface area (Å²) in [5.41, 5.74) is 0.303. The first-order chi connectivity index (χ1) is 8.97. The van der Waals surface area contributed by atoms with E-state index in [1.165, 1.54) is 23.9 Å². The second-order valence-corrected chi connectivity index (χ2v) is 5.76. The van der Waals surface area contributed by atoms with Crippen LogP contribution in [0.15, 0.2) is 23.2 Å². The molecule has 0 aromatic heterocycles. The molecule has 0 bridgehead atoms. The van der Waals surface area contributed by atoms with Crippen molar-refractivity contribution >= 4 is 22.8 Å². The second-order valence-electron chi connectivity index (χ2n) is 4.63. The van der Waals surface area contributed by atoms with Gasteiger partial charge in [-0.1, -0.05) is 31.7 Å². The van der Waals surface area contributed by atoms with Gasteiger partial charge in [0.25, 0.3) is 0 Å².